The molecule has 2 saturated heterocycles. The number of hydrogen-bond acceptors (Lipinski definition) is 4. The smallest absolute Gasteiger partial charge is 0.253 e. The summed E-state index contributed by atoms with van der Waals surface area (Å²) in [5.74, 6) is 1.10. The molecule has 1 amide bonds. The Morgan fingerprint density at radius 2 is 1.85 bits per heavy atom. The first-order valence-electron chi connectivity index (χ1n) is 10.2. The highest BCUT2D eigenvalue weighted by molar-refractivity contribution is 5.81. The van der Waals surface area contributed by atoms with E-state index in [1.54, 1.807) is 0 Å². The van der Waals surface area contributed by atoms with Crippen molar-refractivity contribution in [2.75, 3.05) is 39.3 Å². The predicted molar refractivity (Wildman–Crippen MR) is 102 cm³/mol. The Kier molecular flexibility index (Phi) is 5.88. The van der Waals surface area contributed by atoms with Gasteiger partial charge < -0.3 is 15.0 Å². The summed E-state index contributed by atoms with van der Waals surface area (Å²) >= 11 is 0. The summed E-state index contributed by atoms with van der Waals surface area (Å²) in [7, 11) is 0. The summed E-state index contributed by atoms with van der Waals surface area (Å²) in [5, 5.41) is 3.68. The maximum atomic E-state index is 12.9. The Balaban J connectivity index is 1.23. The summed E-state index contributed by atoms with van der Waals surface area (Å²) in [6.45, 7) is 6.02. The fourth-order valence-corrected chi connectivity index (χ4v) is 4.00. The topological polar surface area (TPSA) is 44.8 Å². The van der Waals surface area contributed by atoms with E-state index < -0.39 is 0 Å². The highest BCUT2D eigenvalue weighted by Gasteiger charge is 2.32. The minimum atomic E-state index is -0.302. The highest BCUT2D eigenvalue weighted by atomic mass is 16.5. The van der Waals surface area contributed by atoms with Gasteiger partial charge >= 0.3 is 0 Å². The zero-order valence-electron chi connectivity index (χ0n) is 15.6. The first-order valence-corrected chi connectivity index (χ1v) is 10.2. The number of rotatable bonds is 6. The van der Waals surface area contributed by atoms with E-state index in [-0.39, 0.29) is 12.0 Å². The van der Waals surface area contributed by atoms with Crippen LogP contribution >= 0.6 is 0 Å². The normalized spacial score (nSPS) is 25.4. The van der Waals surface area contributed by atoms with Gasteiger partial charge in [-0.05, 0) is 43.7 Å². The number of carbonyl (C=O) groups is 1. The van der Waals surface area contributed by atoms with E-state index in [2.05, 4.69) is 34.5 Å². The molecular formula is C21H31N3O2. The number of amides is 1. The Hall–Kier alpha value is -1.43. The number of ether oxygens (including phenoxy) is 1. The Labute approximate surface area is 156 Å². The number of likely N-dealkylation sites (tertiary alicyclic amines) is 1. The van der Waals surface area contributed by atoms with Crippen molar-refractivity contribution in [2.24, 2.45) is 5.92 Å². The van der Waals surface area contributed by atoms with Crippen LogP contribution in [0.5, 0.6) is 0 Å². The predicted octanol–water partition coefficient (Wildman–Crippen LogP) is 1.88. The lowest BCUT2D eigenvalue weighted by atomic mass is 10.0. The van der Waals surface area contributed by atoms with Crippen LogP contribution in [0.1, 0.15) is 31.2 Å². The van der Waals surface area contributed by atoms with Gasteiger partial charge in [-0.25, -0.2) is 0 Å². The van der Waals surface area contributed by atoms with Gasteiger partial charge in [-0.1, -0.05) is 30.3 Å². The van der Waals surface area contributed by atoms with Crippen molar-refractivity contribution in [3.8, 4) is 0 Å². The molecule has 0 aromatic heterocycles. The molecule has 1 aromatic rings. The number of benzene rings is 1. The van der Waals surface area contributed by atoms with Crippen LogP contribution < -0.4 is 5.32 Å². The van der Waals surface area contributed by atoms with Crippen LogP contribution in [0, 0.1) is 5.92 Å². The van der Waals surface area contributed by atoms with Gasteiger partial charge in [0.15, 0.2) is 0 Å². The molecule has 1 N–H and O–H groups in total. The molecule has 0 spiro atoms. The molecule has 26 heavy (non-hydrogen) atoms. The van der Waals surface area contributed by atoms with Crippen LogP contribution in [0.2, 0.25) is 0 Å². The van der Waals surface area contributed by atoms with Crippen molar-refractivity contribution in [1.29, 1.82) is 0 Å². The monoisotopic (exact) mass is 357 g/mol. The number of nitrogens with zero attached hydrogens (tertiary/aromatic N) is 2. The van der Waals surface area contributed by atoms with Crippen LogP contribution in [-0.4, -0.2) is 67.2 Å². The SMILES string of the molecule is O=C(C1CN(Cc2ccccc2)CCO1)N1CCC(NCC2CC2)CC1. The largest absolute Gasteiger partial charge is 0.366 e. The molecule has 2 heterocycles. The van der Waals surface area contributed by atoms with E-state index in [0.717, 1.165) is 44.9 Å². The second kappa shape index (κ2) is 8.51. The molecule has 2 aliphatic heterocycles. The molecule has 3 aliphatic rings. The lowest BCUT2D eigenvalue weighted by Gasteiger charge is -2.38. The molecule has 0 bridgehead atoms. The summed E-state index contributed by atoms with van der Waals surface area (Å²) in [5.41, 5.74) is 1.29. The second-order valence-corrected chi connectivity index (χ2v) is 8.03. The van der Waals surface area contributed by atoms with Crippen molar-refractivity contribution in [3.05, 3.63) is 35.9 Å². The molecule has 142 valence electrons. The van der Waals surface area contributed by atoms with Crippen LogP contribution in [0.25, 0.3) is 0 Å². The average molecular weight is 357 g/mol. The van der Waals surface area contributed by atoms with E-state index in [1.807, 2.05) is 11.0 Å². The Bertz CT molecular complexity index is 582. The number of carbonyl (C=O) groups excluding carboxylic acids is 1. The van der Waals surface area contributed by atoms with Gasteiger partial charge in [-0.15, -0.1) is 0 Å². The number of nitrogens with one attached hydrogen (secondary N) is 1. The molecule has 1 aliphatic carbocycles. The molecule has 5 heteroatoms. The minimum Gasteiger partial charge on any atom is -0.366 e. The quantitative estimate of drug-likeness (QED) is 0.844. The first-order chi connectivity index (χ1) is 12.8. The molecule has 5 nitrogen and oxygen atoms in total. The van der Waals surface area contributed by atoms with E-state index in [4.69, 9.17) is 4.74 Å². The third-order valence-corrected chi connectivity index (χ3v) is 5.87. The van der Waals surface area contributed by atoms with Gasteiger partial charge in [0, 0.05) is 38.8 Å². The first kappa shape index (κ1) is 18.0. The molecule has 1 unspecified atom stereocenters. The van der Waals surface area contributed by atoms with E-state index in [1.165, 1.54) is 24.9 Å². The molecule has 1 saturated carbocycles. The van der Waals surface area contributed by atoms with Gasteiger partial charge in [0.05, 0.1) is 6.61 Å². The van der Waals surface area contributed by atoms with Crippen LogP contribution in [0.3, 0.4) is 0 Å². The Morgan fingerprint density at radius 1 is 1.08 bits per heavy atom. The second-order valence-electron chi connectivity index (χ2n) is 8.03. The number of piperidine rings is 1. The van der Waals surface area contributed by atoms with Crippen LogP contribution in [0.4, 0.5) is 0 Å². The van der Waals surface area contributed by atoms with Gasteiger partial charge in [0.1, 0.15) is 6.10 Å². The van der Waals surface area contributed by atoms with Gasteiger partial charge in [0.25, 0.3) is 5.91 Å². The minimum absolute atomic E-state index is 0.184. The van der Waals surface area contributed by atoms with Crippen molar-refractivity contribution in [1.82, 2.24) is 15.1 Å². The maximum Gasteiger partial charge on any atom is 0.253 e. The van der Waals surface area contributed by atoms with Gasteiger partial charge in [0.2, 0.25) is 0 Å². The number of morpholine rings is 1. The standard InChI is InChI=1S/C21H31N3O2/c25-21(24-10-8-19(9-11-24)22-14-17-6-7-17)20-16-23(12-13-26-20)15-18-4-2-1-3-5-18/h1-5,17,19-20,22H,6-16H2. The van der Waals surface area contributed by atoms with E-state index in [0.29, 0.717) is 19.2 Å². The Morgan fingerprint density at radius 3 is 2.58 bits per heavy atom. The zero-order chi connectivity index (χ0) is 17.8. The van der Waals surface area contributed by atoms with Crippen LogP contribution in [-0.2, 0) is 16.1 Å². The summed E-state index contributed by atoms with van der Waals surface area (Å²) in [4.78, 5) is 17.2. The van der Waals surface area contributed by atoms with Crippen LogP contribution in [0.15, 0.2) is 30.3 Å². The number of hydrogen-bond donors (Lipinski definition) is 1. The summed E-state index contributed by atoms with van der Waals surface area (Å²) in [6, 6.07) is 11.1. The lowest BCUT2D eigenvalue weighted by molar-refractivity contribution is -0.150. The maximum absolute atomic E-state index is 12.9. The van der Waals surface area contributed by atoms with Crippen molar-refractivity contribution in [3.63, 3.8) is 0 Å². The molecule has 0 radical (unpaired) electrons. The van der Waals surface area contributed by atoms with E-state index >= 15 is 0 Å². The molecule has 1 atom stereocenters. The molecular weight excluding hydrogens is 326 g/mol. The van der Waals surface area contributed by atoms with E-state index in [9.17, 15) is 4.79 Å². The highest BCUT2D eigenvalue weighted by Crippen LogP contribution is 2.28. The third kappa shape index (κ3) is 4.84. The molecule has 4 rings (SSSR count). The van der Waals surface area contributed by atoms with Crippen molar-refractivity contribution < 1.29 is 9.53 Å². The average Bonchev–Trinajstić information content (AvgIpc) is 3.52. The molecule has 1 aromatic carbocycles. The fourth-order valence-electron chi connectivity index (χ4n) is 4.00. The van der Waals surface area contributed by atoms with Gasteiger partial charge in [-0.3, -0.25) is 9.69 Å². The van der Waals surface area contributed by atoms with Gasteiger partial charge in [-0.2, -0.15) is 0 Å². The third-order valence-electron chi connectivity index (χ3n) is 5.87. The summed E-state index contributed by atoms with van der Waals surface area (Å²) in [6.07, 6.45) is 4.62. The van der Waals surface area contributed by atoms with Crippen molar-refractivity contribution >= 4 is 5.91 Å². The summed E-state index contributed by atoms with van der Waals surface area (Å²) < 4.78 is 5.83. The van der Waals surface area contributed by atoms with Crippen molar-refractivity contribution in [2.45, 2.75) is 44.4 Å². The fraction of sp³-hybridized carbons (Fsp3) is 0.667. The lowest BCUT2D eigenvalue weighted by Crippen LogP contribution is -2.53. The molecule has 3 fully saturated rings. The zero-order valence-corrected chi connectivity index (χ0v) is 15.6.